The molecule has 1 heterocycles. The maximum Gasteiger partial charge on any atom is 0.267 e. The predicted octanol–water partition coefficient (Wildman–Crippen LogP) is 6.98. The van der Waals surface area contributed by atoms with Crippen molar-refractivity contribution >= 4 is 39.0 Å². The summed E-state index contributed by atoms with van der Waals surface area (Å²) in [6.45, 7) is 21.0. The number of para-hydroxylation sites is 1. The van der Waals surface area contributed by atoms with Crippen LogP contribution < -0.4 is 14.4 Å². The monoisotopic (exact) mass is 802 g/mol. The fourth-order valence-electron chi connectivity index (χ4n) is 6.73. The number of ketones is 3. The second-order valence-corrected chi connectivity index (χ2v) is 17.2. The van der Waals surface area contributed by atoms with E-state index in [2.05, 4.69) is 4.72 Å². The van der Waals surface area contributed by atoms with E-state index in [1.54, 1.807) is 91.8 Å². The van der Waals surface area contributed by atoms with Crippen LogP contribution in [0.4, 0.5) is 5.69 Å². The summed E-state index contributed by atoms with van der Waals surface area (Å²) in [4.78, 5) is 56.7. The van der Waals surface area contributed by atoms with Gasteiger partial charge in [0.25, 0.3) is 15.9 Å². The van der Waals surface area contributed by atoms with Crippen LogP contribution in [0.2, 0.25) is 0 Å². The highest BCUT2D eigenvalue weighted by molar-refractivity contribution is 7.90. The summed E-state index contributed by atoms with van der Waals surface area (Å²) in [5.41, 5.74) is -5.43. The number of nitrogens with one attached hydrogen (secondary N) is 1. The van der Waals surface area contributed by atoms with Gasteiger partial charge >= 0.3 is 0 Å². The molecule has 1 aliphatic rings. The fourth-order valence-corrected chi connectivity index (χ4v) is 8.01. The van der Waals surface area contributed by atoms with Crippen LogP contribution in [0.15, 0.2) is 47.4 Å². The van der Waals surface area contributed by atoms with Gasteiger partial charge < -0.3 is 28.6 Å². The van der Waals surface area contributed by atoms with Gasteiger partial charge in [0.05, 0.1) is 5.69 Å². The Bertz CT molecular complexity index is 1820. The van der Waals surface area contributed by atoms with Crippen molar-refractivity contribution in [3.05, 3.63) is 48.0 Å². The Kier molecular flexibility index (Phi) is 15.6. The number of anilines is 1. The lowest BCUT2D eigenvalue weighted by Crippen LogP contribution is -2.51. The molecule has 14 heteroatoms. The first-order valence-electron chi connectivity index (χ1n) is 19.5. The number of hydrogen-bond acceptors (Lipinski definition) is 12. The van der Waals surface area contributed by atoms with Gasteiger partial charge in [-0.15, -0.1) is 0 Å². The molecule has 1 N–H and O–H groups in total. The van der Waals surface area contributed by atoms with Gasteiger partial charge in [-0.25, -0.2) is 13.1 Å². The van der Waals surface area contributed by atoms with Crippen LogP contribution in [0, 0.1) is 0 Å². The van der Waals surface area contributed by atoms with Crippen molar-refractivity contribution in [3.63, 3.8) is 0 Å². The summed E-state index contributed by atoms with van der Waals surface area (Å²) in [5, 5.41) is 0. The summed E-state index contributed by atoms with van der Waals surface area (Å²) in [6, 6.07) is 11.3. The van der Waals surface area contributed by atoms with E-state index in [1.165, 1.54) is 26.8 Å². The molecule has 0 saturated carbocycles. The normalized spacial score (nSPS) is 17.0. The van der Waals surface area contributed by atoms with Crippen molar-refractivity contribution in [2.24, 2.45) is 0 Å². The molecule has 0 bridgehead atoms. The molecule has 4 unspecified atom stereocenters. The Morgan fingerprint density at radius 3 is 1.84 bits per heavy atom. The highest BCUT2D eigenvalue weighted by atomic mass is 32.2. The lowest BCUT2D eigenvalue weighted by molar-refractivity contribution is -0.165. The molecule has 1 aliphatic heterocycles. The standard InChI is InChI=1S/C42H62N2O11S/c1-13-41(11,52-16-4)36(46)29(6)55-42(12,14-2)37(47)30-26-32(44-24-20-21-25-44)34(53-31-22-18-17-19-23-31)33(27-30)56(49,50)43-38(48)40(9,10)54-28(5)35(45)39(7,8)51-15-3/h17-19,22-23,26-29H,13-16,20-21,24-25H2,1-12H3,(H,43,48). The Morgan fingerprint density at radius 2 is 1.30 bits per heavy atom. The van der Waals surface area contributed by atoms with Gasteiger partial charge in [0, 0.05) is 31.9 Å². The lowest BCUT2D eigenvalue weighted by atomic mass is 9.89. The van der Waals surface area contributed by atoms with Gasteiger partial charge in [0.15, 0.2) is 23.1 Å². The average molecular weight is 803 g/mol. The van der Waals surface area contributed by atoms with E-state index in [0.29, 0.717) is 37.6 Å². The maximum atomic E-state index is 14.6. The van der Waals surface area contributed by atoms with E-state index < -0.39 is 67.0 Å². The van der Waals surface area contributed by atoms with Gasteiger partial charge in [-0.2, -0.15) is 0 Å². The minimum absolute atomic E-state index is 0.0277. The van der Waals surface area contributed by atoms with E-state index in [0.717, 1.165) is 12.8 Å². The molecule has 56 heavy (non-hydrogen) atoms. The van der Waals surface area contributed by atoms with E-state index in [9.17, 15) is 27.6 Å². The minimum atomic E-state index is -4.82. The Labute approximate surface area is 333 Å². The van der Waals surface area contributed by atoms with E-state index in [1.807, 2.05) is 11.8 Å². The first kappa shape index (κ1) is 46.7. The van der Waals surface area contributed by atoms with Gasteiger partial charge in [-0.05, 0) is 119 Å². The van der Waals surface area contributed by atoms with Gasteiger partial charge in [0.1, 0.15) is 45.3 Å². The highest BCUT2D eigenvalue weighted by Crippen LogP contribution is 2.42. The summed E-state index contributed by atoms with van der Waals surface area (Å²) in [7, 11) is -4.82. The molecule has 0 radical (unpaired) electrons. The van der Waals surface area contributed by atoms with Crippen molar-refractivity contribution in [2.75, 3.05) is 31.2 Å². The van der Waals surface area contributed by atoms with Crippen LogP contribution in [0.1, 0.15) is 119 Å². The van der Waals surface area contributed by atoms with Crippen LogP contribution in [-0.4, -0.2) is 92.6 Å². The van der Waals surface area contributed by atoms with Crippen molar-refractivity contribution < 1.29 is 51.3 Å². The van der Waals surface area contributed by atoms with Crippen LogP contribution in [0.5, 0.6) is 11.5 Å². The molecule has 1 amide bonds. The summed E-state index contributed by atoms with van der Waals surface area (Å²) >= 11 is 0. The number of hydrogen-bond donors (Lipinski definition) is 1. The van der Waals surface area contributed by atoms with Crippen molar-refractivity contribution in [3.8, 4) is 11.5 Å². The molecule has 0 aromatic heterocycles. The number of Topliss-reactive ketones (excluding diaryl/α,β-unsaturated/α-hetero) is 3. The molecule has 1 fully saturated rings. The maximum absolute atomic E-state index is 14.6. The third kappa shape index (κ3) is 10.8. The molecular formula is C42H62N2O11S. The van der Waals surface area contributed by atoms with Crippen LogP contribution in [-0.2, 0) is 43.4 Å². The van der Waals surface area contributed by atoms with E-state index >= 15 is 0 Å². The zero-order valence-corrected chi connectivity index (χ0v) is 36.0. The first-order valence-corrected chi connectivity index (χ1v) is 21.0. The molecule has 2 aromatic carbocycles. The molecule has 312 valence electrons. The summed E-state index contributed by atoms with van der Waals surface area (Å²) in [5.74, 6) is -2.15. The highest BCUT2D eigenvalue weighted by Gasteiger charge is 2.44. The number of rotatable bonds is 22. The molecule has 0 spiro atoms. The second kappa shape index (κ2) is 18.7. The summed E-state index contributed by atoms with van der Waals surface area (Å²) in [6.07, 6.45) is -0.0157. The number of sulfonamides is 1. The fraction of sp³-hybridized carbons (Fsp3) is 0.619. The third-order valence-corrected chi connectivity index (χ3v) is 11.7. The first-order chi connectivity index (χ1) is 26.0. The largest absolute Gasteiger partial charge is 0.454 e. The molecule has 13 nitrogen and oxygen atoms in total. The smallest absolute Gasteiger partial charge is 0.267 e. The van der Waals surface area contributed by atoms with Crippen LogP contribution in [0.3, 0.4) is 0 Å². The number of carbonyl (C=O) groups is 4. The van der Waals surface area contributed by atoms with E-state index in [4.69, 9.17) is 23.7 Å². The third-order valence-electron chi connectivity index (χ3n) is 10.3. The van der Waals surface area contributed by atoms with Gasteiger partial charge in [0.2, 0.25) is 0 Å². The molecule has 0 aliphatic carbocycles. The van der Waals surface area contributed by atoms with Crippen LogP contribution >= 0.6 is 0 Å². The topological polar surface area (TPSA) is 164 Å². The molecule has 4 atom stereocenters. The summed E-state index contributed by atoms with van der Waals surface area (Å²) < 4.78 is 61.0. The molecular weight excluding hydrogens is 741 g/mol. The van der Waals surface area contributed by atoms with Crippen molar-refractivity contribution in [2.45, 2.75) is 148 Å². The number of ether oxygens (including phenoxy) is 5. The van der Waals surface area contributed by atoms with Gasteiger partial charge in [-0.3, -0.25) is 19.2 Å². The Balaban J connectivity index is 2.17. The lowest BCUT2D eigenvalue weighted by Gasteiger charge is -2.35. The van der Waals surface area contributed by atoms with Crippen molar-refractivity contribution in [1.29, 1.82) is 0 Å². The second-order valence-electron chi connectivity index (χ2n) is 15.5. The average Bonchev–Trinajstić information content (AvgIpc) is 3.69. The predicted molar refractivity (Wildman–Crippen MR) is 214 cm³/mol. The zero-order valence-electron chi connectivity index (χ0n) is 35.2. The molecule has 2 aromatic rings. The van der Waals surface area contributed by atoms with Crippen molar-refractivity contribution in [1.82, 2.24) is 4.72 Å². The minimum Gasteiger partial charge on any atom is -0.454 e. The number of nitrogens with zero attached hydrogens (tertiary/aromatic N) is 1. The molecule has 1 saturated heterocycles. The Morgan fingerprint density at radius 1 is 0.750 bits per heavy atom. The quantitative estimate of drug-likeness (QED) is 0.122. The SMILES string of the molecule is CCOC(C)(C)C(=O)C(C)OC(C)(C)C(=O)NS(=O)(=O)c1cc(C(=O)C(C)(CC)OC(C)C(=O)C(C)(CC)OCC)cc(N2CCCC2)c1Oc1ccccc1. The molecule has 3 rings (SSSR count). The van der Waals surface area contributed by atoms with Gasteiger partial charge in [-0.1, -0.05) is 32.0 Å². The Hall–Kier alpha value is -3.69. The zero-order chi connectivity index (χ0) is 42.3. The van der Waals surface area contributed by atoms with E-state index in [-0.39, 0.29) is 30.1 Å². The van der Waals surface area contributed by atoms with Crippen LogP contribution in [0.25, 0.3) is 0 Å². The number of benzene rings is 2. The number of amides is 1. The number of carbonyl (C=O) groups excluding carboxylic acids is 4.